The first-order valence-corrected chi connectivity index (χ1v) is 3.43. The van der Waals surface area contributed by atoms with Gasteiger partial charge in [0.1, 0.15) is 10.2 Å². The van der Waals surface area contributed by atoms with Gasteiger partial charge in [0.2, 0.25) is 5.88 Å². The Morgan fingerprint density at radius 2 is 2.50 bits per heavy atom. The number of nitrogens with zero attached hydrogens (tertiary/aromatic N) is 1. The Morgan fingerprint density at radius 1 is 1.83 bits per heavy atom. The third-order valence-corrected chi connectivity index (χ3v) is 1.41. The summed E-state index contributed by atoms with van der Waals surface area (Å²) in [5.41, 5.74) is -0.0405. The Bertz CT molecular complexity index is 360. The van der Waals surface area contributed by atoms with Gasteiger partial charge in [-0.05, 0) is 6.07 Å². The summed E-state index contributed by atoms with van der Waals surface area (Å²) in [6.07, 6.45) is 0. The van der Waals surface area contributed by atoms with E-state index in [9.17, 15) is 4.79 Å². The molecular formula is C6H6N2O3S. The van der Waals surface area contributed by atoms with Crippen molar-refractivity contribution in [3.8, 4) is 5.88 Å². The van der Waals surface area contributed by atoms with Crippen molar-refractivity contribution in [2.45, 2.75) is 0 Å². The first-order chi connectivity index (χ1) is 5.65. The summed E-state index contributed by atoms with van der Waals surface area (Å²) < 4.78 is 4.95. The molecule has 6 heteroatoms. The molecule has 0 spiro atoms. The van der Waals surface area contributed by atoms with Crippen LogP contribution in [0.5, 0.6) is 5.88 Å². The highest BCUT2D eigenvalue weighted by Gasteiger charge is 2.11. The number of aromatic amines is 1. The number of carboxylic acid groups (broad SMARTS) is 1. The highest BCUT2D eigenvalue weighted by Crippen LogP contribution is 2.12. The smallest absolute Gasteiger partial charge is 0.341 e. The van der Waals surface area contributed by atoms with Crippen LogP contribution in [0, 0.1) is 4.64 Å². The number of methoxy groups -OCH3 is 1. The van der Waals surface area contributed by atoms with Crippen molar-refractivity contribution in [3.63, 3.8) is 0 Å². The number of carboxylic acids is 1. The van der Waals surface area contributed by atoms with Crippen molar-refractivity contribution in [1.82, 2.24) is 10.2 Å². The lowest BCUT2D eigenvalue weighted by Crippen LogP contribution is -2.03. The maximum atomic E-state index is 10.6. The van der Waals surface area contributed by atoms with Crippen LogP contribution >= 0.6 is 12.2 Å². The summed E-state index contributed by atoms with van der Waals surface area (Å²) in [5.74, 6) is -1.09. The van der Waals surface area contributed by atoms with E-state index < -0.39 is 5.97 Å². The first kappa shape index (κ1) is 8.66. The Hall–Kier alpha value is -1.43. The predicted octanol–water partition coefficient (Wildman–Crippen LogP) is 0.846. The second kappa shape index (κ2) is 3.31. The molecule has 0 radical (unpaired) electrons. The van der Waals surface area contributed by atoms with Crippen molar-refractivity contribution >= 4 is 18.2 Å². The zero-order chi connectivity index (χ0) is 9.14. The van der Waals surface area contributed by atoms with E-state index in [4.69, 9.17) is 9.84 Å². The van der Waals surface area contributed by atoms with E-state index in [2.05, 4.69) is 22.4 Å². The molecule has 2 N–H and O–H groups in total. The quantitative estimate of drug-likeness (QED) is 0.669. The number of hydrogen-bond acceptors (Lipinski definition) is 4. The predicted molar refractivity (Wildman–Crippen MR) is 42.9 cm³/mol. The van der Waals surface area contributed by atoms with Crippen LogP contribution in [-0.2, 0) is 0 Å². The van der Waals surface area contributed by atoms with Crippen molar-refractivity contribution < 1.29 is 14.6 Å². The largest absolute Gasteiger partial charge is 0.479 e. The molecule has 5 nitrogen and oxygen atoms in total. The molecule has 0 aliphatic rings. The van der Waals surface area contributed by atoms with Gasteiger partial charge in [-0.1, -0.05) is 12.2 Å². The molecule has 0 saturated heterocycles. The average molecular weight is 186 g/mol. The van der Waals surface area contributed by atoms with Crippen LogP contribution in [0.1, 0.15) is 10.4 Å². The normalized spacial score (nSPS) is 9.42. The van der Waals surface area contributed by atoms with Crippen molar-refractivity contribution in [3.05, 3.63) is 16.3 Å². The van der Waals surface area contributed by atoms with Gasteiger partial charge in [-0.25, -0.2) is 4.79 Å². The molecule has 12 heavy (non-hydrogen) atoms. The number of H-pyrrole nitrogens is 1. The molecule has 64 valence electrons. The lowest BCUT2D eigenvalue weighted by atomic mass is 10.3. The van der Waals surface area contributed by atoms with Crippen molar-refractivity contribution in [2.24, 2.45) is 0 Å². The minimum absolute atomic E-state index is 0.0242. The zero-order valence-corrected chi connectivity index (χ0v) is 7.01. The van der Waals surface area contributed by atoms with Crippen LogP contribution in [-0.4, -0.2) is 28.4 Å². The highest BCUT2D eigenvalue weighted by atomic mass is 32.1. The topological polar surface area (TPSA) is 75.2 Å². The van der Waals surface area contributed by atoms with Gasteiger partial charge < -0.3 is 9.84 Å². The third-order valence-electron chi connectivity index (χ3n) is 1.20. The number of rotatable bonds is 2. The summed E-state index contributed by atoms with van der Waals surface area (Å²) in [6, 6.07) is 1.28. The molecule has 0 atom stereocenters. The monoisotopic (exact) mass is 186 g/mol. The van der Waals surface area contributed by atoms with Crippen LogP contribution in [0.3, 0.4) is 0 Å². The van der Waals surface area contributed by atoms with Crippen LogP contribution in [0.4, 0.5) is 0 Å². The number of aromatic carboxylic acids is 1. The Morgan fingerprint density at radius 3 is 3.00 bits per heavy atom. The molecule has 0 aliphatic heterocycles. The first-order valence-electron chi connectivity index (χ1n) is 3.02. The summed E-state index contributed by atoms with van der Waals surface area (Å²) in [5, 5.41) is 14.6. The molecular weight excluding hydrogens is 180 g/mol. The van der Waals surface area contributed by atoms with Gasteiger partial charge in [0.25, 0.3) is 0 Å². The van der Waals surface area contributed by atoms with Crippen LogP contribution in [0.2, 0.25) is 0 Å². The maximum absolute atomic E-state index is 10.6. The van der Waals surface area contributed by atoms with E-state index in [1.165, 1.54) is 13.2 Å². The van der Waals surface area contributed by atoms with E-state index >= 15 is 0 Å². The fourth-order valence-corrected chi connectivity index (χ4v) is 0.864. The Balaban J connectivity index is 3.31. The minimum atomic E-state index is -1.11. The number of aromatic nitrogens is 2. The molecule has 0 amide bonds. The van der Waals surface area contributed by atoms with Gasteiger partial charge in [0.05, 0.1) is 7.11 Å². The Kier molecular flexibility index (Phi) is 2.39. The third kappa shape index (κ3) is 1.59. The van der Waals surface area contributed by atoms with Gasteiger partial charge in [0.15, 0.2) is 0 Å². The lowest BCUT2D eigenvalue weighted by Gasteiger charge is -2.00. The van der Waals surface area contributed by atoms with Gasteiger partial charge in [-0.3, -0.25) is 5.10 Å². The molecule has 0 unspecified atom stereocenters. The van der Waals surface area contributed by atoms with Crippen molar-refractivity contribution in [2.75, 3.05) is 7.11 Å². The van der Waals surface area contributed by atoms with Crippen LogP contribution in [0.15, 0.2) is 6.07 Å². The fourth-order valence-electron chi connectivity index (χ4n) is 0.700. The second-order valence-electron chi connectivity index (χ2n) is 1.96. The molecule has 1 aromatic heterocycles. The Labute approximate surface area is 73.0 Å². The maximum Gasteiger partial charge on any atom is 0.341 e. The van der Waals surface area contributed by atoms with E-state index in [1.807, 2.05) is 0 Å². The molecule has 0 saturated carbocycles. The second-order valence-corrected chi connectivity index (χ2v) is 2.40. The van der Waals surface area contributed by atoms with Crippen LogP contribution in [0.25, 0.3) is 0 Å². The lowest BCUT2D eigenvalue weighted by molar-refractivity contribution is 0.0692. The molecule has 0 aliphatic carbocycles. The number of ether oxygens (including phenoxy) is 1. The summed E-state index contributed by atoms with van der Waals surface area (Å²) in [7, 11) is 1.34. The van der Waals surface area contributed by atoms with Gasteiger partial charge in [-0.15, -0.1) is 5.10 Å². The van der Waals surface area contributed by atoms with E-state index in [0.29, 0.717) is 0 Å². The van der Waals surface area contributed by atoms with Crippen LogP contribution < -0.4 is 4.74 Å². The zero-order valence-electron chi connectivity index (χ0n) is 6.20. The molecule has 1 aromatic rings. The van der Waals surface area contributed by atoms with Gasteiger partial charge in [-0.2, -0.15) is 0 Å². The minimum Gasteiger partial charge on any atom is -0.479 e. The number of nitrogens with one attached hydrogen (secondary N) is 1. The van der Waals surface area contributed by atoms with Gasteiger partial charge in [0, 0.05) is 0 Å². The molecule has 0 bridgehead atoms. The van der Waals surface area contributed by atoms with Crippen molar-refractivity contribution in [1.29, 1.82) is 0 Å². The molecule has 1 heterocycles. The SMILES string of the molecule is COc1n[nH]c(=S)cc1C(=O)O. The molecule has 0 aromatic carbocycles. The molecule has 0 fully saturated rings. The summed E-state index contributed by atoms with van der Waals surface area (Å²) in [6.45, 7) is 0. The van der Waals surface area contributed by atoms with E-state index in [1.54, 1.807) is 0 Å². The molecule has 1 rings (SSSR count). The van der Waals surface area contributed by atoms with Gasteiger partial charge >= 0.3 is 5.97 Å². The summed E-state index contributed by atoms with van der Waals surface area (Å²) >= 11 is 4.69. The number of hydrogen-bond donors (Lipinski definition) is 2. The fraction of sp³-hybridized carbons (Fsp3) is 0.167. The number of carbonyl (C=O) groups is 1. The average Bonchev–Trinajstić information content (AvgIpc) is 2.04. The standard InChI is InChI=1S/C6H6N2O3S/c1-11-5-3(6(9)10)2-4(12)7-8-5/h2H,1H3,(H,7,12)(H,9,10). The van der Waals surface area contributed by atoms with E-state index in [0.717, 1.165) is 0 Å². The van der Waals surface area contributed by atoms with E-state index in [-0.39, 0.29) is 16.1 Å². The summed E-state index contributed by atoms with van der Waals surface area (Å²) in [4.78, 5) is 10.6. The highest BCUT2D eigenvalue weighted by molar-refractivity contribution is 7.71.